The molecular weight excluding hydrogens is 424 g/mol. The van der Waals surface area contributed by atoms with Crippen molar-refractivity contribution in [3.05, 3.63) is 64.5 Å². The number of carbonyl (C=O) groups excluding carboxylic acids is 1. The lowest BCUT2D eigenvalue weighted by atomic mass is 10.1. The molecule has 0 atom stereocenters. The van der Waals surface area contributed by atoms with Gasteiger partial charge in [-0.15, -0.1) is 5.10 Å². The Bertz CT molecular complexity index is 1170. The van der Waals surface area contributed by atoms with Crippen LogP contribution < -0.4 is 0 Å². The van der Waals surface area contributed by atoms with Crippen LogP contribution in [0.2, 0.25) is 0 Å². The third-order valence-corrected chi connectivity index (χ3v) is 6.79. The van der Waals surface area contributed by atoms with Crippen LogP contribution in [0.5, 0.6) is 0 Å². The molecule has 0 saturated carbocycles. The predicted molar refractivity (Wildman–Crippen MR) is 127 cm³/mol. The van der Waals surface area contributed by atoms with Gasteiger partial charge in [-0.25, -0.2) is 0 Å². The topological polar surface area (TPSA) is 86.3 Å². The van der Waals surface area contributed by atoms with E-state index in [0.29, 0.717) is 18.4 Å². The van der Waals surface area contributed by atoms with Crippen molar-refractivity contribution in [3.8, 4) is 0 Å². The van der Waals surface area contributed by atoms with Gasteiger partial charge in [0.25, 0.3) is 5.91 Å². The smallest absolute Gasteiger partial charge is 0.283 e. The highest BCUT2D eigenvalue weighted by Crippen LogP contribution is 2.30. The largest absolute Gasteiger partial charge is 0.378 e. The highest BCUT2D eigenvalue weighted by atomic mass is 32.2. The van der Waals surface area contributed by atoms with Crippen LogP contribution in [-0.2, 0) is 16.1 Å². The molecule has 1 saturated heterocycles. The summed E-state index contributed by atoms with van der Waals surface area (Å²) in [7, 11) is 0. The Hall–Kier alpha value is -3.17. The second kappa shape index (κ2) is 8.40. The zero-order valence-electron chi connectivity index (χ0n) is 18.0. The Morgan fingerprint density at radius 2 is 1.91 bits per heavy atom. The van der Waals surface area contributed by atoms with Gasteiger partial charge in [0.2, 0.25) is 5.17 Å². The number of thioether (sulfide) groups is 1. The third kappa shape index (κ3) is 3.78. The number of hydrogen-bond acceptors (Lipinski definition) is 6. The van der Waals surface area contributed by atoms with Gasteiger partial charge < -0.3 is 14.2 Å². The summed E-state index contributed by atoms with van der Waals surface area (Å²) in [4.78, 5) is 19.1. The van der Waals surface area contributed by atoms with Crippen LogP contribution in [0.15, 0.2) is 52.1 Å². The minimum absolute atomic E-state index is 0.0589. The number of amides is 1. The summed E-state index contributed by atoms with van der Waals surface area (Å²) in [5.74, 6) is -0.344. The SMILES string of the molecule is Cc1cc(/C=C2/C(=N)N3N=C(N4CCOCC4)SC3=NC2=O)c(C)n1Cc1ccccc1. The molecule has 8 nitrogen and oxygen atoms in total. The molecule has 1 aromatic heterocycles. The maximum atomic E-state index is 12.8. The highest BCUT2D eigenvalue weighted by molar-refractivity contribution is 8.26. The molecule has 1 aromatic carbocycles. The lowest BCUT2D eigenvalue weighted by molar-refractivity contribution is -0.114. The number of aromatic nitrogens is 1. The normalized spacial score (nSPS) is 20.0. The van der Waals surface area contributed by atoms with Gasteiger partial charge in [-0.1, -0.05) is 30.3 Å². The molecule has 1 fully saturated rings. The Kier molecular flexibility index (Phi) is 5.44. The van der Waals surface area contributed by atoms with E-state index in [-0.39, 0.29) is 11.4 Å². The first kappa shape index (κ1) is 20.7. The third-order valence-electron chi connectivity index (χ3n) is 5.82. The van der Waals surface area contributed by atoms with Crippen LogP contribution in [0, 0.1) is 19.3 Å². The predicted octanol–water partition coefficient (Wildman–Crippen LogP) is 3.06. The number of aliphatic imine (C=N–C) groups is 1. The van der Waals surface area contributed by atoms with Gasteiger partial charge >= 0.3 is 0 Å². The number of carbonyl (C=O) groups is 1. The van der Waals surface area contributed by atoms with E-state index in [1.54, 1.807) is 6.08 Å². The quantitative estimate of drug-likeness (QED) is 0.730. The zero-order valence-corrected chi connectivity index (χ0v) is 18.9. The molecule has 1 amide bonds. The van der Waals surface area contributed by atoms with Crippen molar-refractivity contribution in [2.75, 3.05) is 26.3 Å². The Morgan fingerprint density at radius 3 is 2.66 bits per heavy atom. The van der Waals surface area contributed by atoms with Gasteiger partial charge in [0.15, 0.2) is 11.0 Å². The minimum atomic E-state index is -0.403. The highest BCUT2D eigenvalue weighted by Gasteiger charge is 2.37. The van der Waals surface area contributed by atoms with Crippen molar-refractivity contribution in [1.82, 2.24) is 14.5 Å². The van der Waals surface area contributed by atoms with E-state index in [9.17, 15) is 4.79 Å². The first-order chi connectivity index (χ1) is 15.5. The molecular formula is C23H24N6O2S. The number of rotatable bonds is 3. The van der Waals surface area contributed by atoms with Gasteiger partial charge in [0.05, 0.1) is 18.8 Å². The standard InChI is InChI=1S/C23H24N6O2S/c1-15-12-18(16(2)28(15)14-17-6-4-3-5-7-17)13-19-20(24)29-22(25-21(19)30)32-23(26-29)27-8-10-31-11-9-27/h3-7,12-13,24H,8-11,14H2,1-2H3/b19-13-,24-20?. The average molecular weight is 449 g/mol. The maximum Gasteiger partial charge on any atom is 0.283 e. The molecule has 1 N–H and O–H groups in total. The van der Waals surface area contributed by atoms with Gasteiger partial charge in [0, 0.05) is 31.0 Å². The molecule has 3 aliphatic heterocycles. The number of nitrogens with zero attached hydrogens (tertiary/aromatic N) is 5. The molecule has 5 rings (SSSR count). The van der Waals surface area contributed by atoms with Crippen LogP contribution in [0.4, 0.5) is 0 Å². The average Bonchev–Trinajstić information content (AvgIpc) is 3.34. The molecule has 0 unspecified atom stereocenters. The summed E-state index contributed by atoms with van der Waals surface area (Å²) in [6.45, 7) is 7.62. The molecule has 2 aromatic rings. The summed E-state index contributed by atoms with van der Waals surface area (Å²) >= 11 is 1.33. The summed E-state index contributed by atoms with van der Waals surface area (Å²) in [5.41, 5.74) is 4.52. The molecule has 3 aliphatic rings. The van der Waals surface area contributed by atoms with E-state index in [2.05, 4.69) is 38.6 Å². The fraction of sp³-hybridized carbons (Fsp3) is 0.304. The molecule has 0 bridgehead atoms. The number of amidine groups is 3. The number of ether oxygens (including phenoxy) is 1. The number of nitrogens with one attached hydrogen (secondary N) is 1. The number of benzene rings is 1. The fourth-order valence-electron chi connectivity index (χ4n) is 4.00. The summed E-state index contributed by atoms with van der Waals surface area (Å²) in [6, 6.07) is 12.3. The van der Waals surface area contributed by atoms with Crippen molar-refractivity contribution in [3.63, 3.8) is 0 Å². The van der Waals surface area contributed by atoms with Crippen LogP contribution in [0.1, 0.15) is 22.5 Å². The first-order valence-corrected chi connectivity index (χ1v) is 11.4. The Balaban J connectivity index is 1.43. The lowest BCUT2D eigenvalue weighted by Gasteiger charge is -2.26. The van der Waals surface area contributed by atoms with Crippen LogP contribution in [0.25, 0.3) is 6.08 Å². The molecule has 9 heteroatoms. The van der Waals surface area contributed by atoms with Gasteiger partial charge in [-0.2, -0.15) is 10.0 Å². The zero-order chi connectivity index (χ0) is 22.2. The maximum absolute atomic E-state index is 12.8. The van der Waals surface area contributed by atoms with Crippen molar-refractivity contribution < 1.29 is 9.53 Å². The number of morpholine rings is 1. The second-order valence-electron chi connectivity index (χ2n) is 7.90. The van der Waals surface area contributed by atoms with E-state index < -0.39 is 5.91 Å². The van der Waals surface area contributed by atoms with Crippen molar-refractivity contribution in [2.45, 2.75) is 20.4 Å². The van der Waals surface area contributed by atoms with Crippen LogP contribution in [0.3, 0.4) is 0 Å². The number of fused-ring (bicyclic) bond motifs is 1. The number of aryl methyl sites for hydroxylation is 1. The van der Waals surface area contributed by atoms with E-state index in [1.165, 1.54) is 22.3 Å². The minimum Gasteiger partial charge on any atom is -0.378 e. The molecule has 0 spiro atoms. The van der Waals surface area contributed by atoms with E-state index in [1.807, 2.05) is 31.2 Å². The van der Waals surface area contributed by atoms with Crippen LogP contribution >= 0.6 is 11.8 Å². The monoisotopic (exact) mass is 448 g/mol. The van der Waals surface area contributed by atoms with Gasteiger partial charge in [0.1, 0.15) is 0 Å². The number of hydrogen-bond donors (Lipinski definition) is 1. The van der Waals surface area contributed by atoms with Crippen molar-refractivity contribution in [2.24, 2.45) is 10.1 Å². The summed E-state index contributed by atoms with van der Waals surface area (Å²) in [6.07, 6.45) is 1.77. The second-order valence-corrected chi connectivity index (χ2v) is 8.83. The number of hydrazone groups is 1. The fourth-order valence-corrected chi connectivity index (χ4v) is 4.95. The summed E-state index contributed by atoms with van der Waals surface area (Å²) in [5, 5.41) is 15.9. The molecule has 4 heterocycles. The van der Waals surface area contributed by atoms with Gasteiger partial charge in [-0.05, 0) is 48.9 Å². The van der Waals surface area contributed by atoms with E-state index >= 15 is 0 Å². The van der Waals surface area contributed by atoms with Crippen molar-refractivity contribution >= 4 is 39.9 Å². The van der Waals surface area contributed by atoms with Gasteiger partial charge in [-0.3, -0.25) is 10.2 Å². The Labute approximate surface area is 190 Å². The summed E-state index contributed by atoms with van der Waals surface area (Å²) < 4.78 is 7.62. The molecule has 0 radical (unpaired) electrons. The Morgan fingerprint density at radius 1 is 1.16 bits per heavy atom. The lowest BCUT2D eigenvalue weighted by Crippen LogP contribution is -2.39. The first-order valence-electron chi connectivity index (χ1n) is 10.5. The van der Waals surface area contributed by atoms with E-state index in [4.69, 9.17) is 10.1 Å². The molecule has 32 heavy (non-hydrogen) atoms. The molecule has 0 aliphatic carbocycles. The van der Waals surface area contributed by atoms with Crippen molar-refractivity contribution in [1.29, 1.82) is 5.41 Å². The molecule has 164 valence electrons. The van der Waals surface area contributed by atoms with Crippen LogP contribution in [-0.4, -0.2) is 62.9 Å². The van der Waals surface area contributed by atoms with E-state index in [0.717, 1.165) is 41.8 Å².